The number of hydrogen-bond acceptors (Lipinski definition) is 7. The first-order valence-electron chi connectivity index (χ1n) is 13.0. The fraction of sp³-hybridized carbons (Fsp3) is 0.161. The van der Waals surface area contributed by atoms with Crippen molar-refractivity contribution in [1.82, 2.24) is 4.98 Å². The molecule has 6 rings (SSSR count). The highest BCUT2D eigenvalue weighted by Gasteiger charge is 2.26. The first-order chi connectivity index (χ1) is 19.9. The van der Waals surface area contributed by atoms with E-state index in [2.05, 4.69) is 15.2 Å². The summed E-state index contributed by atoms with van der Waals surface area (Å²) in [5.41, 5.74) is 3.03. The summed E-state index contributed by atoms with van der Waals surface area (Å²) in [5.74, 6) is -1.22. The van der Waals surface area contributed by atoms with Gasteiger partial charge in [0.2, 0.25) is 5.78 Å². The standard InChI is InChI=1S/C31H24ClN3O6/c32-22-6-8-23(9-7-22)35(16-18-1-2-18)24-10-12-27(33-15-24)29(36)19-5-11-26(25(13-19)31(38)39)34-30(37)20-3-4-21-17-40-41-28(21)14-20/h3-15,18H,1-2,16-17H2,(H,34,37)(H,38,39). The molecule has 41 heavy (non-hydrogen) atoms. The van der Waals surface area contributed by atoms with Gasteiger partial charge >= 0.3 is 5.97 Å². The Balaban J connectivity index is 1.21. The number of carboxylic acid groups (broad SMARTS) is 1. The number of carboxylic acids is 1. The molecule has 0 spiro atoms. The molecule has 2 heterocycles. The molecular formula is C31H24ClN3O6. The molecule has 1 aliphatic heterocycles. The minimum Gasteiger partial charge on any atom is -0.478 e. The number of hydrogen-bond donors (Lipinski definition) is 2. The molecular weight excluding hydrogens is 546 g/mol. The lowest BCUT2D eigenvalue weighted by molar-refractivity contribution is -0.194. The van der Waals surface area contributed by atoms with Crippen molar-refractivity contribution in [2.24, 2.45) is 5.92 Å². The second kappa shape index (κ2) is 11.0. The number of fused-ring (bicyclic) bond motifs is 1. The van der Waals surface area contributed by atoms with Gasteiger partial charge in [-0.3, -0.25) is 14.6 Å². The van der Waals surface area contributed by atoms with Gasteiger partial charge in [0.25, 0.3) is 5.91 Å². The number of benzene rings is 3. The zero-order chi connectivity index (χ0) is 28.5. The van der Waals surface area contributed by atoms with Crippen molar-refractivity contribution in [2.75, 3.05) is 16.8 Å². The number of aromatic carboxylic acids is 1. The van der Waals surface area contributed by atoms with E-state index in [1.54, 1.807) is 24.4 Å². The molecule has 0 radical (unpaired) electrons. The van der Waals surface area contributed by atoms with Crippen molar-refractivity contribution in [2.45, 2.75) is 19.4 Å². The quantitative estimate of drug-likeness (QED) is 0.178. The molecule has 2 aliphatic rings. The van der Waals surface area contributed by atoms with Gasteiger partial charge in [-0.1, -0.05) is 17.7 Å². The Morgan fingerprint density at radius 2 is 1.71 bits per heavy atom. The summed E-state index contributed by atoms with van der Waals surface area (Å²) in [7, 11) is 0. The van der Waals surface area contributed by atoms with E-state index in [1.165, 1.54) is 37.1 Å². The van der Waals surface area contributed by atoms with Crippen LogP contribution in [0.1, 0.15) is 55.2 Å². The maximum absolute atomic E-state index is 13.3. The van der Waals surface area contributed by atoms with Crippen molar-refractivity contribution in [1.29, 1.82) is 0 Å². The lowest BCUT2D eigenvalue weighted by Gasteiger charge is -2.25. The monoisotopic (exact) mass is 569 g/mol. The third-order valence-electron chi connectivity index (χ3n) is 7.02. The molecule has 1 aliphatic carbocycles. The van der Waals surface area contributed by atoms with Crippen LogP contribution in [0.25, 0.3) is 0 Å². The van der Waals surface area contributed by atoms with Crippen LogP contribution >= 0.6 is 11.6 Å². The topological polar surface area (TPSA) is 118 Å². The Labute approximate surface area is 240 Å². The van der Waals surface area contributed by atoms with Gasteiger partial charge in [-0.25, -0.2) is 4.79 Å². The summed E-state index contributed by atoms with van der Waals surface area (Å²) in [6.07, 6.45) is 3.99. The minimum atomic E-state index is -1.29. The molecule has 1 fully saturated rings. The van der Waals surface area contributed by atoms with E-state index in [0.29, 0.717) is 16.7 Å². The van der Waals surface area contributed by atoms with Gasteiger partial charge in [0.05, 0.1) is 23.1 Å². The van der Waals surface area contributed by atoms with Crippen LogP contribution in [0.5, 0.6) is 5.75 Å². The second-order valence-corrected chi connectivity index (χ2v) is 10.4. The molecule has 0 saturated heterocycles. The summed E-state index contributed by atoms with van der Waals surface area (Å²) in [6.45, 7) is 1.12. The van der Waals surface area contributed by atoms with Gasteiger partial charge in [-0.2, -0.15) is 4.89 Å². The number of halogens is 1. The van der Waals surface area contributed by atoms with E-state index >= 15 is 0 Å². The van der Waals surface area contributed by atoms with Gasteiger partial charge < -0.3 is 20.2 Å². The summed E-state index contributed by atoms with van der Waals surface area (Å²) in [5, 5.41) is 13.1. The van der Waals surface area contributed by atoms with Crippen LogP contribution < -0.4 is 15.1 Å². The molecule has 0 bridgehead atoms. The number of nitrogens with zero attached hydrogens (tertiary/aromatic N) is 2. The van der Waals surface area contributed by atoms with Gasteiger partial charge in [0.15, 0.2) is 5.75 Å². The van der Waals surface area contributed by atoms with Crippen LogP contribution in [-0.2, 0) is 11.5 Å². The minimum absolute atomic E-state index is 0.0544. The van der Waals surface area contributed by atoms with E-state index in [1.807, 2.05) is 30.3 Å². The number of ketones is 1. The third-order valence-corrected chi connectivity index (χ3v) is 7.27. The number of rotatable bonds is 9. The van der Waals surface area contributed by atoms with E-state index < -0.39 is 17.7 Å². The van der Waals surface area contributed by atoms with Crippen LogP contribution in [-0.4, -0.2) is 34.3 Å². The zero-order valence-corrected chi connectivity index (χ0v) is 22.4. The molecule has 1 saturated carbocycles. The van der Waals surface area contributed by atoms with Crippen molar-refractivity contribution >= 4 is 46.3 Å². The highest BCUT2D eigenvalue weighted by Crippen LogP contribution is 2.35. The fourth-order valence-electron chi connectivity index (χ4n) is 4.58. The fourth-order valence-corrected chi connectivity index (χ4v) is 4.71. The lowest BCUT2D eigenvalue weighted by atomic mass is 10.0. The van der Waals surface area contributed by atoms with E-state index in [0.717, 1.165) is 23.5 Å². The number of anilines is 3. The average Bonchev–Trinajstić information content (AvgIpc) is 3.69. The van der Waals surface area contributed by atoms with Gasteiger partial charge in [-0.05, 0) is 85.5 Å². The number of pyridine rings is 1. The van der Waals surface area contributed by atoms with Gasteiger partial charge in [0.1, 0.15) is 12.3 Å². The average molecular weight is 570 g/mol. The SMILES string of the molecule is O=C(Nc1ccc(C(=O)c2ccc(N(CC3CC3)c3ccc(Cl)cc3)cn2)cc1C(=O)O)c1ccc2c(c1)OOC2. The largest absolute Gasteiger partial charge is 0.478 e. The smallest absolute Gasteiger partial charge is 0.337 e. The Hall–Kier alpha value is -4.73. The Bertz CT molecular complexity index is 1650. The third kappa shape index (κ3) is 5.77. The summed E-state index contributed by atoms with van der Waals surface area (Å²) in [6, 6.07) is 19.9. The molecule has 3 aromatic carbocycles. The van der Waals surface area contributed by atoms with Crippen molar-refractivity contribution in [3.05, 3.63) is 112 Å². The van der Waals surface area contributed by atoms with E-state index in [-0.39, 0.29) is 34.7 Å². The van der Waals surface area contributed by atoms with Gasteiger partial charge in [0, 0.05) is 33.9 Å². The molecule has 9 nitrogen and oxygen atoms in total. The number of aromatic nitrogens is 1. The molecule has 1 amide bonds. The lowest BCUT2D eigenvalue weighted by Crippen LogP contribution is -2.20. The molecule has 2 N–H and O–H groups in total. The Morgan fingerprint density at radius 3 is 2.41 bits per heavy atom. The first-order valence-corrected chi connectivity index (χ1v) is 13.4. The van der Waals surface area contributed by atoms with Crippen LogP contribution in [0.4, 0.5) is 17.1 Å². The predicted molar refractivity (Wildman–Crippen MR) is 152 cm³/mol. The summed E-state index contributed by atoms with van der Waals surface area (Å²) < 4.78 is 0. The molecule has 4 aromatic rings. The predicted octanol–water partition coefficient (Wildman–Crippen LogP) is 6.29. The Kier molecular flexibility index (Phi) is 7.13. The molecule has 10 heteroatoms. The molecule has 206 valence electrons. The maximum Gasteiger partial charge on any atom is 0.337 e. The number of carbonyl (C=O) groups is 3. The molecule has 0 unspecified atom stereocenters. The molecule has 0 atom stereocenters. The van der Waals surface area contributed by atoms with Crippen molar-refractivity contribution in [3.8, 4) is 5.75 Å². The second-order valence-electron chi connectivity index (χ2n) is 9.95. The number of amides is 1. The summed E-state index contributed by atoms with van der Waals surface area (Å²) in [4.78, 5) is 54.6. The highest BCUT2D eigenvalue weighted by molar-refractivity contribution is 6.30. The van der Waals surface area contributed by atoms with Crippen LogP contribution in [0.2, 0.25) is 5.02 Å². The Morgan fingerprint density at radius 1 is 0.951 bits per heavy atom. The molecule has 1 aromatic heterocycles. The van der Waals surface area contributed by atoms with Crippen LogP contribution in [0, 0.1) is 5.92 Å². The maximum atomic E-state index is 13.3. The normalized spacial score (nSPS) is 13.7. The first kappa shape index (κ1) is 26.5. The van der Waals surface area contributed by atoms with Gasteiger partial charge in [-0.15, -0.1) is 0 Å². The highest BCUT2D eigenvalue weighted by atomic mass is 35.5. The summed E-state index contributed by atoms with van der Waals surface area (Å²) >= 11 is 6.07. The van der Waals surface area contributed by atoms with E-state index in [9.17, 15) is 19.5 Å². The van der Waals surface area contributed by atoms with E-state index in [4.69, 9.17) is 21.4 Å². The number of nitrogens with one attached hydrogen (secondary N) is 1. The van der Waals surface area contributed by atoms with Crippen LogP contribution in [0.15, 0.2) is 79.0 Å². The number of carbonyl (C=O) groups excluding carboxylic acids is 2. The van der Waals surface area contributed by atoms with Crippen molar-refractivity contribution in [3.63, 3.8) is 0 Å². The zero-order valence-electron chi connectivity index (χ0n) is 21.7. The van der Waals surface area contributed by atoms with Crippen molar-refractivity contribution < 1.29 is 29.3 Å². The van der Waals surface area contributed by atoms with Crippen LogP contribution in [0.3, 0.4) is 0 Å².